The van der Waals surface area contributed by atoms with Crippen LogP contribution in [0.2, 0.25) is 0 Å². The van der Waals surface area contributed by atoms with Gasteiger partial charge in [0, 0.05) is 13.0 Å². The van der Waals surface area contributed by atoms with Crippen LogP contribution in [0.3, 0.4) is 0 Å². The number of rotatable bonds is 3. The predicted octanol–water partition coefficient (Wildman–Crippen LogP) is 1.69. The van der Waals surface area contributed by atoms with E-state index in [0.717, 1.165) is 12.8 Å². The molecule has 0 aromatic carbocycles. The lowest BCUT2D eigenvalue weighted by molar-refractivity contribution is -0.235. The van der Waals surface area contributed by atoms with Crippen LogP contribution in [0.4, 0.5) is 0 Å². The second-order valence-electron chi connectivity index (χ2n) is 4.37. The summed E-state index contributed by atoms with van der Waals surface area (Å²) in [6.07, 6.45) is 1.61. The smallest absolute Gasteiger partial charge is 0.166 e. The minimum absolute atomic E-state index is 0.107. The molecule has 0 bridgehead atoms. The van der Waals surface area contributed by atoms with Gasteiger partial charge in [-0.05, 0) is 34.1 Å². The first-order valence-electron chi connectivity index (χ1n) is 4.91. The van der Waals surface area contributed by atoms with Gasteiger partial charge < -0.3 is 14.6 Å². The highest BCUT2D eigenvalue weighted by molar-refractivity contribution is 4.87. The second kappa shape index (κ2) is 3.56. The molecular weight excluding hydrogens is 168 g/mol. The first kappa shape index (κ1) is 11.0. The monoisotopic (exact) mass is 188 g/mol. The SMILES string of the molecule is CCOC1(C)CCC(C(C)(C)O)O1. The average molecular weight is 188 g/mol. The van der Waals surface area contributed by atoms with Crippen molar-refractivity contribution in [3.05, 3.63) is 0 Å². The number of aliphatic hydroxyl groups is 1. The van der Waals surface area contributed by atoms with Crippen molar-refractivity contribution < 1.29 is 14.6 Å². The highest BCUT2D eigenvalue weighted by Gasteiger charge is 2.42. The number of ether oxygens (including phenoxy) is 2. The molecule has 78 valence electrons. The second-order valence-corrected chi connectivity index (χ2v) is 4.37. The lowest BCUT2D eigenvalue weighted by atomic mass is 9.99. The van der Waals surface area contributed by atoms with Gasteiger partial charge in [-0.2, -0.15) is 0 Å². The van der Waals surface area contributed by atoms with Crippen molar-refractivity contribution in [2.24, 2.45) is 0 Å². The molecule has 0 aromatic rings. The molecular formula is C10H20O3. The maximum Gasteiger partial charge on any atom is 0.166 e. The maximum absolute atomic E-state index is 9.74. The van der Waals surface area contributed by atoms with Crippen molar-refractivity contribution in [1.82, 2.24) is 0 Å². The van der Waals surface area contributed by atoms with Crippen LogP contribution in [-0.2, 0) is 9.47 Å². The van der Waals surface area contributed by atoms with Crippen LogP contribution in [0.5, 0.6) is 0 Å². The van der Waals surface area contributed by atoms with E-state index in [9.17, 15) is 5.11 Å². The molecule has 0 amide bonds. The van der Waals surface area contributed by atoms with Gasteiger partial charge in [0.1, 0.15) is 0 Å². The van der Waals surface area contributed by atoms with Crippen LogP contribution in [0, 0.1) is 0 Å². The van der Waals surface area contributed by atoms with Crippen molar-refractivity contribution in [3.8, 4) is 0 Å². The molecule has 1 N–H and O–H groups in total. The summed E-state index contributed by atoms with van der Waals surface area (Å²) in [5, 5.41) is 9.74. The molecule has 1 fully saturated rings. The molecule has 3 nitrogen and oxygen atoms in total. The lowest BCUT2D eigenvalue weighted by Crippen LogP contribution is -2.39. The molecule has 1 heterocycles. The third-order valence-corrected chi connectivity index (χ3v) is 2.49. The normalized spacial score (nSPS) is 35.3. The molecule has 2 unspecified atom stereocenters. The summed E-state index contributed by atoms with van der Waals surface area (Å²) >= 11 is 0. The van der Waals surface area contributed by atoms with Crippen LogP contribution in [-0.4, -0.2) is 29.2 Å². The van der Waals surface area contributed by atoms with Crippen molar-refractivity contribution in [1.29, 1.82) is 0 Å². The fourth-order valence-corrected chi connectivity index (χ4v) is 1.72. The van der Waals surface area contributed by atoms with Gasteiger partial charge in [0.2, 0.25) is 0 Å². The van der Waals surface area contributed by atoms with Crippen molar-refractivity contribution in [2.75, 3.05) is 6.61 Å². The molecule has 0 radical (unpaired) electrons. The summed E-state index contributed by atoms with van der Waals surface area (Å²) in [4.78, 5) is 0. The van der Waals surface area contributed by atoms with Gasteiger partial charge >= 0.3 is 0 Å². The Kier molecular flexibility index (Phi) is 3.00. The van der Waals surface area contributed by atoms with Gasteiger partial charge in [-0.1, -0.05) is 0 Å². The minimum Gasteiger partial charge on any atom is -0.388 e. The molecule has 1 saturated heterocycles. The Morgan fingerprint density at radius 3 is 2.62 bits per heavy atom. The number of hydrogen-bond acceptors (Lipinski definition) is 3. The molecule has 3 heteroatoms. The zero-order valence-electron chi connectivity index (χ0n) is 8.96. The third kappa shape index (κ3) is 2.66. The lowest BCUT2D eigenvalue weighted by Gasteiger charge is -2.29. The van der Waals surface area contributed by atoms with E-state index in [1.54, 1.807) is 13.8 Å². The van der Waals surface area contributed by atoms with Gasteiger partial charge in [-0.25, -0.2) is 0 Å². The fourth-order valence-electron chi connectivity index (χ4n) is 1.72. The van der Waals surface area contributed by atoms with Crippen LogP contribution >= 0.6 is 0 Å². The van der Waals surface area contributed by atoms with E-state index in [1.165, 1.54) is 0 Å². The van der Waals surface area contributed by atoms with Crippen LogP contribution in [0.1, 0.15) is 40.5 Å². The molecule has 0 spiro atoms. The van der Waals surface area contributed by atoms with Crippen molar-refractivity contribution in [3.63, 3.8) is 0 Å². The summed E-state index contributed by atoms with van der Waals surface area (Å²) < 4.78 is 11.2. The van der Waals surface area contributed by atoms with Crippen LogP contribution in [0.25, 0.3) is 0 Å². The first-order chi connectivity index (χ1) is 5.87. The number of hydrogen-bond donors (Lipinski definition) is 1. The Labute approximate surface area is 80.0 Å². The van der Waals surface area contributed by atoms with Gasteiger partial charge in [0.15, 0.2) is 5.79 Å². The molecule has 0 aromatic heterocycles. The van der Waals surface area contributed by atoms with E-state index in [0.29, 0.717) is 6.61 Å². The Balaban J connectivity index is 2.53. The summed E-state index contributed by atoms with van der Waals surface area (Å²) in [6, 6.07) is 0. The standard InChI is InChI=1S/C10H20O3/c1-5-12-10(4)7-6-8(13-10)9(2,3)11/h8,11H,5-7H2,1-4H3. The Morgan fingerprint density at radius 2 is 2.23 bits per heavy atom. The van der Waals surface area contributed by atoms with Gasteiger partial charge in [-0.3, -0.25) is 0 Å². The molecule has 2 atom stereocenters. The fraction of sp³-hybridized carbons (Fsp3) is 1.00. The summed E-state index contributed by atoms with van der Waals surface area (Å²) in [7, 11) is 0. The van der Waals surface area contributed by atoms with Gasteiger partial charge in [0.25, 0.3) is 0 Å². The van der Waals surface area contributed by atoms with E-state index >= 15 is 0 Å². The zero-order chi connectivity index (χ0) is 10.1. The predicted molar refractivity (Wildman–Crippen MR) is 50.4 cm³/mol. The third-order valence-electron chi connectivity index (χ3n) is 2.49. The average Bonchev–Trinajstić information content (AvgIpc) is 2.31. The van der Waals surface area contributed by atoms with E-state index in [2.05, 4.69) is 0 Å². The van der Waals surface area contributed by atoms with Crippen molar-refractivity contribution in [2.45, 2.75) is 58.0 Å². The highest BCUT2D eigenvalue weighted by atomic mass is 16.7. The quantitative estimate of drug-likeness (QED) is 0.732. The van der Waals surface area contributed by atoms with Gasteiger partial charge in [-0.15, -0.1) is 0 Å². The van der Waals surface area contributed by atoms with E-state index in [4.69, 9.17) is 9.47 Å². The molecule has 13 heavy (non-hydrogen) atoms. The van der Waals surface area contributed by atoms with E-state index in [-0.39, 0.29) is 6.10 Å². The van der Waals surface area contributed by atoms with Crippen LogP contribution < -0.4 is 0 Å². The molecule has 0 saturated carbocycles. The summed E-state index contributed by atoms with van der Waals surface area (Å²) in [5.74, 6) is -0.487. The first-order valence-corrected chi connectivity index (χ1v) is 4.91. The van der Waals surface area contributed by atoms with E-state index in [1.807, 2.05) is 13.8 Å². The topological polar surface area (TPSA) is 38.7 Å². The molecule has 1 aliphatic heterocycles. The maximum atomic E-state index is 9.74. The summed E-state index contributed by atoms with van der Waals surface area (Å²) in [5.41, 5.74) is -0.769. The summed E-state index contributed by atoms with van der Waals surface area (Å²) in [6.45, 7) is 8.08. The largest absolute Gasteiger partial charge is 0.388 e. The molecule has 1 aliphatic rings. The minimum atomic E-state index is -0.769. The molecule has 0 aliphatic carbocycles. The van der Waals surface area contributed by atoms with Crippen molar-refractivity contribution >= 4 is 0 Å². The van der Waals surface area contributed by atoms with E-state index < -0.39 is 11.4 Å². The molecule has 1 rings (SSSR count). The Morgan fingerprint density at radius 1 is 1.62 bits per heavy atom. The zero-order valence-corrected chi connectivity index (χ0v) is 8.96. The Hall–Kier alpha value is -0.120. The van der Waals surface area contributed by atoms with Crippen LogP contribution in [0.15, 0.2) is 0 Å². The highest BCUT2D eigenvalue weighted by Crippen LogP contribution is 2.35. The Bertz CT molecular complexity index is 173. The van der Waals surface area contributed by atoms with Gasteiger partial charge in [0.05, 0.1) is 11.7 Å².